The van der Waals surface area contributed by atoms with Crippen molar-refractivity contribution in [2.75, 3.05) is 0 Å². The fourth-order valence-electron chi connectivity index (χ4n) is 3.81. The van der Waals surface area contributed by atoms with Gasteiger partial charge in [-0.2, -0.15) is 0 Å². The van der Waals surface area contributed by atoms with E-state index in [1.165, 1.54) is 10.9 Å². The Labute approximate surface area is 168 Å². The van der Waals surface area contributed by atoms with Gasteiger partial charge in [0.1, 0.15) is 5.82 Å². The van der Waals surface area contributed by atoms with Gasteiger partial charge in [0.25, 0.3) is 5.56 Å². The maximum atomic E-state index is 13.3. The quantitative estimate of drug-likeness (QED) is 0.417. The van der Waals surface area contributed by atoms with E-state index < -0.39 is 0 Å². The van der Waals surface area contributed by atoms with Crippen LogP contribution in [0, 0.1) is 0 Å². The lowest BCUT2D eigenvalue weighted by Crippen LogP contribution is -2.24. The van der Waals surface area contributed by atoms with Crippen molar-refractivity contribution < 1.29 is 0 Å². The summed E-state index contributed by atoms with van der Waals surface area (Å²) in [6, 6.07) is 32.3. The van der Waals surface area contributed by atoms with Crippen LogP contribution < -0.4 is 5.56 Å². The number of hydrogen-bond acceptors (Lipinski definition) is 2. The fraction of sp³-hybridized carbons (Fsp3) is 0.0769. The van der Waals surface area contributed by atoms with E-state index in [0.717, 1.165) is 28.7 Å². The average Bonchev–Trinajstić information content (AvgIpc) is 2.79. The molecule has 3 heteroatoms. The summed E-state index contributed by atoms with van der Waals surface area (Å²) in [6.07, 6.45) is 0.779. The van der Waals surface area contributed by atoms with Gasteiger partial charge in [0.15, 0.2) is 0 Å². The van der Waals surface area contributed by atoms with Gasteiger partial charge in [0.05, 0.1) is 10.9 Å². The van der Waals surface area contributed by atoms with Gasteiger partial charge >= 0.3 is 0 Å². The Balaban J connectivity index is 1.68. The highest BCUT2D eigenvalue weighted by molar-refractivity contribution is 5.87. The topological polar surface area (TPSA) is 34.9 Å². The number of aromatic nitrogens is 2. The molecular weight excluding hydrogens is 356 g/mol. The average molecular weight is 376 g/mol. The molecule has 0 aliphatic carbocycles. The summed E-state index contributed by atoms with van der Waals surface area (Å²) in [5.41, 5.74) is 2.91. The van der Waals surface area contributed by atoms with Crippen molar-refractivity contribution in [2.45, 2.75) is 13.0 Å². The summed E-state index contributed by atoms with van der Waals surface area (Å²) in [5, 5.41) is 2.97. The molecule has 4 aromatic carbocycles. The second-order valence-electron chi connectivity index (χ2n) is 7.21. The molecule has 5 rings (SSSR count). The fourth-order valence-corrected chi connectivity index (χ4v) is 3.81. The van der Waals surface area contributed by atoms with E-state index in [1.807, 2.05) is 59.2 Å². The molecule has 0 fully saturated rings. The number of fused-ring (bicyclic) bond motifs is 2. The summed E-state index contributed by atoms with van der Waals surface area (Å²) in [4.78, 5) is 18.2. The highest BCUT2D eigenvalue weighted by Crippen LogP contribution is 2.24. The number of rotatable bonds is 4. The first-order valence-corrected chi connectivity index (χ1v) is 9.82. The molecular formula is C26H20N2O. The number of benzene rings is 4. The molecule has 0 radical (unpaired) electrons. The third kappa shape index (κ3) is 3.32. The minimum Gasteiger partial charge on any atom is -0.292 e. The minimum atomic E-state index is 0.00897. The summed E-state index contributed by atoms with van der Waals surface area (Å²) >= 11 is 0. The van der Waals surface area contributed by atoms with Gasteiger partial charge in [0, 0.05) is 12.1 Å². The van der Waals surface area contributed by atoms with Crippen LogP contribution in [-0.4, -0.2) is 9.55 Å². The van der Waals surface area contributed by atoms with Crippen molar-refractivity contribution in [2.24, 2.45) is 0 Å². The van der Waals surface area contributed by atoms with Crippen molar-refractivity contribution in [3.63, 3.8) is 0 Å². The van der Waals surface area contributed by atoms with Crippen LogP contribution >= 0.6 is 0 Å². The first kappa shape index (κ1) is 17.4. The molecule has 1 heterocycles. The zero-order chi connectivity index (χ0) is 19.6. The van der Waals surface area contributed by atoms with Crippen molar-refractivity contribution >= 4 is 21.7 Å². The van der Waals surface area contributed by atoms with E-state index in [-0.39, 0.29) is 5.56 Å². The van der Waals surface area contributed by atoms with E-state index in [4.69, 9.17) is 4.98 Å². The van der Waals surface area contributed by atoms with Gasteiger partial charge < -0.3 is 0 Å². The maximum Gasteiger partial charge on any atom is 0.261 e. The molecule has 5 aromatic rings. The molecule has 0 bridgehead atoms. The first-order chi connectivity index (χ1) is 14.3. The summed E-state index contributed by atoms with van der Waals surface area (Å²) < 4.78 is 1.82. The Morgan fingerprint density at radius 1 is 0.724 bits per heavy atom. The molecule has 0 N–H and O–H groups in total. The van der Waals surface area contributed by atoms with Gasteiger partial charge in [-0.05, 0) is 41.0 Å². The lowest BCUT2D eigenvalue weighted by molar-refractivity contribution is 0.671. The Morgan fingerprint density at radius 3 is 2.31 bits per heavy atom. The molecule has 3 nitrogen and oxygen atoms in total. The zero-order valence-corrected chi connectivity index (χ0v) is 16.0. The number of nitrogens with zero attached hydrogens (tertiary/aromatic N) is 2. The first-order valence-electron chi connectivity index (χ1n) is 9.82. The molecule has 0 saturated heterocycles. The molecule has 0 amide bonds. The van der Waals surface area contributed by atoms with Crippen molar-refractivity contribution in [1.82, 2.24) is 9.55 Å². The Hall–Kier alpha value is -3.72. The highest BCUT2D eigenvalue weighted by atomic mass is 16.1. The van der Waals surface area contributed by atoms with Gasteiger partial charge in [0.2, 0.25) is 0 Å². The maximum absolute atomic E-state index is 13.3. The number of para-hydroxylation sites is 1. The molecule has 1 aromatic heterocycles. The minimum absolute atomic E-state index is 0.00897. The molecule has 0 saturated carbocycles. The van der Waals surface area contributed by atoms with Crippen molar-refractivity contribution in [3.05, 3.63) is 113 Å². The van der Waals surface area contributed by atoms with Crippen molar-refractivity contribution in [3.8, 4) is 11.4 Å². The lowest BCUT2D eigenvalue weighted by Gasteiger charge is -2.14. The lowest BCUT2D eigenvalue weighted by atomic mass is 10.1. The molecule has 0 unspecified atom stereocenters. The standard InChI is InChI=1S/C26H20N2O/c29-26-23-12-6-7-13-24(23)27-25(28(26)17-16-19-8-2-1-3-9-19)22-15-14-20-10-4-5-11-21(20)18-22/h1-15,18H,16-17H2. The Morgan fingerprint density at radius 2 is 1.45 bits per heavy atom. The normalized spacial score (nSPS) is 11.2. The monoisotopic (exact) mass is 376 g/mol. The third-order valence-corrected chi connectivity index (χ3v) is 5.34. The molecule has 0 atom stereocenters. The summed E-state index contributed by atoms with van der Waals surface area (Å²) in [6.45, 7) is 0.586. The van der Waals surface area contributed by atoms with E-state index in [1.54, 1.807) is 0 Å². The van der Waals surface area contributed by atoms with Crippen LogP contribution in [0.5, 0.6) is 0 Å². The van der Waals surface area contributed by atoms with Crippen LogP contribution in [0.3, 0.4) is 0 Å². The predicted molar refractivity (Wildman–Crippen MR) is 119 cm³/mol. The molecule has 29 heavy (non-hydrogen) atoms. The summed E-state index contributed by atoms with van der Waals surface area (Å²) in [5.74, 6) is 0.718. The molecule has 0 aliphatic heterocycles. The second-order valence-corrected chi connectivity index (χ2v) is 7.21. The van der Waals surface area contributed by atoms with Crippen LogP contribution in [0.2, 0.25) is 0 Å². The molecule has 140 valence electrons. The largest absolute Gasteiger partial charge is 0.292 e. The van der Waals surface area contributed by atoms with Gasteiger partial charge in [-0.1, -0.05) is 78.9 Å². The third-order valence-electron chi connectivity index (χ3n) is 5.34. The number of hydrogen-bond donors (Lipinski definition) is 0. The van der Waals surface area contributed by atoms with Gasteiger partial charge in [-0.15, -0.1) is 0 Å². The van der Waals surface area contributed by atoms with Crippen LogP contribution in [-0.2, 0) is 13.0 Å². The molecule has 0 aliphatic rings. The summed E-state index contributed by atoms with van der Waals surface area (Å²) in [7, 11) is 0. The van der Waals surface area contributed by atoms with E-state index in [0.29, 0.717) is 11.9 Å². The predicted octanol–water partition coefficient (Wildman–Crippen LogP) is 5.46. The van der Waals surface area contributed by atoms with Gasteiger partial charge in [-0.3, -0.25) is 9.36 Å². The molecule has 0 spiro atoms. The van der Waals surface area contributed by atoms with Crippen LogP contribution in [0.1, 0.15) is 5.56 Å². The highest BCUT2D eigenvalue weighted by Gasteiger charge is 2.13. The number of aryl methyl sites for hydroxylation is 1. The van der Waals surface area contributed by atoms with E-state index in [9.17, 15) is 4.79 Å². The van der Waals surface area contributed by atoms with Crippen molar-refractivity contribution in [1.29, 1.82) is 0 Å². The van der Waals surface area contributed by atoms with E-state index in [2.05, 4.69) is 42.5 Å². The van der Waals surface area contributed by atoms with E-state index >= 15 is 0 Å². The zero-order valence-electron chi connectivity index (χ0n) is 16.0. The van der Waals surface area contributed by atoms with Crippen LogP contribution in [0.25, 0.3) is 33.1 Å². The van der Waals surface area contributed by atoms with Crippen LogP contribution in [0.4, 0.5) is 0 Å². The Bertz CT molecular complexity index is 1370. The second kappa shape index (κ2) is 7.36. The SMILES string of the molecule is O=c1c2ccccc2nc(-c2ccc3ccccc3c2)n1CCc1ccccc1. The Kier molecular flexibility index (Phi) is 4.41. The van der Waals surface area contributed by atoms with Gasteiger partial charge in [-0.25, -0.2) is 4.98 Å². The van der Waals surface area contributed by atoms with Crippen LogP contribution in [0.15, 0.2) is 102 Å². The smallest absolute Gasteiger partial charge is 0.261 e.